The number of amides is 1. The number of ether oxygens (including phenoxy) is 1. The molecule has 0 heterocycles. The number of carbonyl (C=O) groups excluding carboxylic acids is 2. The summed E-state index contributed by atoms with van der Waals surface area (Å²) in [5, 5.41) is 8.93. The number of rotatable bonds is 7. The molecule has 1 aromatic rings. The number of benzene rings is 1. The van der Waals surface area contributed by atoms with Crippen LogP contribution >= 0.6 is 0 Å². The van der Waals surface area contributed by atoms with Gasteiger partial charge in [-0.05, 0) is 25.5 Å². The molecule has 1 unspecified atom stereocenters. The molecule has 0 spiro atoms. The van der Waals surface area contributed by atoms with Crippen molar-refractivity contribution in [1.29, 1.82) is 0 Å². The van der Waals surface area contributed by atoms with E-state index in [1.165, 1.54) is 4.90 Å². The molecule has 0 radical (unpaired) electrons. The van der Waals surface area contributed by atoms with Gasteiger partial charge in [0.15, 0.2) is 6.10 Å². The van der Waals surface area contributed by atoms with Crippen LogP contribution in [0.3, 0.4) is 0 Å². The summed E-state index contributed by atoms with van der Waals surface area (Å²) < 4.78 is 5.26. The van der Waals surface area contributed by atoms with Crippen molar-refractivity contribution in [2.45, 2.75) is 26.4 Å². The number of aliphatic hydroxyl groups excluding tert-OH is 1. The van der Waals surface area contributed by atoms with E-state index in [0.717, 1.165) is 0 Å². The zero-order valence-electron chi connectivity index (χ0n) is 11.9. The number of nitrogens with zero attached hydrogens (tertiary/aromatic N) is 1. The van der Waals surface area contributed by atoms with Gasteiger partial charge in [-0.3, -0.25) is 4.79 Å². The fraction of sp³-hybridized carbons (Fsp3) is 0.467. The second-order valence-corrected chi connectivity index (χ2v) is 4.31. The fourth-order valence-corrected chi connectivity index (χ4v) is 1.83. The normalized spacial score (nSPS) is 11.8. The lowest BCUT2D eigenvalue weighted by Crippen LogP contribution is -2.42. The molecule has 0 aromatic heterocycles. The standard InChI is InChI=1S/C15H21NO4/c1-3-13(14(18)16(4-2)10-11-17)20-15(19)12-8-6-5-7-9-12/h5-9,13,17H,3-4,10-11H2,1-2H3. The molecular weight excluding hydrogens is 258 g/mol. The molecule has 0 bridgehead atoms. The number of likely N-dealkylation sites (N-methyl/N-ethyl adjacent to an activating group) is 1. The highest BCUT2D eigenvalue weighted by Crippen LogP contribution is 2.09. The Labute approximate surface area is 119 Å². The molecule has 5 nitrogen and oxygen atoms in total. The largest absolute Gasteiger partial charge is 0.449 e. The first-order valence-electron chi connectivity index (χ1n) is 6.79. The Hall–Kier alpha value is -1.88. The molecule has 0 aliphatic carbocycles. The van der Waals surface area contributed by atoms with Gasteiger partial charge in [-0.1, -0.05) is 25.1 Å². The third kappa shape index (κ3) is 4.35. The second-order valence-electron chi connectivity index (χ2n) is 4.31. The second kappa shape index (κ2) is 8.32. The van der Waals surface area contributed by atoms with Gasteiger partial charge in [-0.2, -0.15) is 0 Å². The highest BCUT2D eigenvalue weighted by atomic mass is 16.5. The Morgan fingerprint density at radius 2 is 1.90 bits per heavy atom. The molecular formula is C15H21NO4. The average Bonchev–Trinajstić information content (AvgIpc) is 2.50. The third-order valence-corrected chi connectivity index (χ3v) is 2.97. The minimum Gasteiger partial charge on any atom is -0.449 e. The van der Waals surface area contributed by atoms with Crippen LogP contribution in [-0.4, -0.2) is 47.7 Å². The summed E-state index contributed by atoms with van der Waals surface area (Å²) in [4.78, 5) is 25.6. The van der Waals surface area contributed by atoms with Gasteiger partial charge in [0.2, 0.25) is 0 Å². The number of carbonyl (C=O) groups is 2. The van der Waals surface area contributed by atoms with Crippen molar-refractivity contribution < 1.29 is 19.4 Å². The van der Waals surface area contributed by atoms with E-state index >= 15 is 0 Å². The minimum atomic E-state index is -0.811. The van der Waals surface area contributed by atoms with Crippen molar-refractivity contribution in [3.63, 3.8) is 0 Å². The van der Waals surface area contributed by atoms with Gasteiger partial charge in [0.05, 0.1) is 12.2 Å². The van der Waals surface area contributed by atoms with Crippen LogP contribution in [0.4, 0.5) is 0 Å². The van der Waals surface area contributed by atoms with Gasteiger partial charge in [0, 0.05) is 13.1 Å². The van der Waals surface area contributed by atoms with E-state index in [4.69, 9.17) is 9.84 Å². The van der Waals surface area contributed by atoms with Crippen LogP contribution in [-0.2, 0) is 9.53 Å². The summed E-state index contributed by atoms with van der Waals surface area (Å²) in [6, 6.07) is 8.57. The van der Waals surface area contributed by atoms with Crippen LogP contribution in [0.5, 0.6) is 0 Å². The quantitative estimate of drug-likeness (QED) is 0.767. The topological polar surface area (TPSA) is 66.8 Å². The van der Waals surface area contributed by atoms with E-state index in [9.17, 15) is 9.59 Å². The lowest BCUT2D eigenvalue weighted by molar-refractivity contribution is -0.141. The molecule has 1 atom stereocenters. The molecule has 20 heavy (non-hydrogen) atoms. The number of aliphatic hydroxyl groups is 1. The molecule has 0 aliphatic rings. The highest BCUT2D eigenvalue weighted by molar-refractivity contribution is 5.92. The first kappa shape index (κ1) is 16.2. The summed E-state index contributed by atoms with van der Waals surface area (Å²) in [7, 11) is 0. The Morgan fingerprint density at radius 1 is 1.25 bits per heavy atom. The number of esters is 1. The molecule has 1 rings (SSSR count). The zero-order valence-corrected chi connectivity index (χ0v) is 11.9. The summed E-state index contributed by atoms with van der Waals surface area (Å²) in [5.41, 5.74) is 0.420. The summed E-state index contributed by atoms with van der Waals surface area (Å²) in [6.45, 7) is 4.21. The van der Waals surface area contributed by atoms with Crippen molar-refractivity contribution >= 4 is 11.9 Å². The van der Waals surface area contributed by atoms with Crippen molar-refractivity contribution in [2.24, 2.45) is 0 Å². The highest BCUT2D eigenvalue weighted by Gasteiger charge is 2.25. The van der Waals surface area contributed by atoms with Crippen molar-refractivity contribution in [1.82, 2.24) is 4.90 Å². The van der Waals surface area contributed by atoms with Gasteiger partial charge < -0.3 is 14.7 Å². The predicted molar refractivity (Wildman–Crippen MR) is 75.3 cm³/mol. The zero-order chi connectivity index (χ0) is 15.0. The smallest absolute Gasteiger partial charge is 0.338 e. The maximum Gasteiger partial charge on any atom is 0.338 e. The van der Waals surface area contributed by atoms with Crippen LogP contribution in [0.25, 0.3) is 0 Å². The molecule has 0 saturated heterocycles. The van der Waals surface area contributed by atoms with Crippen molar-refractivity contribution in [3.05, 3.63) is 35.9 Å². The molecule has 5 heteroatoms. The van der Waals surface area contributed by atoms with Crippen LogP contribution < -0.4 is 0 Å². The van der Waals surface area contributed by atoms with Gasteiger partial charge in [-0.15, -0.1) is 0 Å². The Balaban J connectivity index is 2.71. The summed E-state index contributed by atoms with van der Waals surface area (Å²) in [5.74, 6) is -0.779. The van der Waals surface area contributed by atoms with Gasteiger partial charge in [0.25, 0.3) is 5.91 Å². The van der Waals surface area contributed by atoms with Crippen molar-refractivity contribution in [2.75, 3.05) is 19.7 Å². The van der Waals surface area contributed by atoms with Gasteiger partial charge in [-0.25, -0.2) is 4.79 Å². The monoisotopic (exact) mass is 279 g/mol. The van der Waals surface area contributed by atoms with E-state index in [0.29, 0.717) is 18.5 Å². The van der Waals surface area contributed by atoms with E-state index in [2.05, 4.69) is 0 Å². The van der Waals surface area contributed by atoms with Crippen LogP contribution in [0.1, 0.15) is 30.6 Å². The van der Waals surface area contributed by atoms with Crippen LogP contribution in [0, 0.1) is 0 Å². The minimum absolute atomic E-state index is 0.108. The Bertz CT molecular complexity index is 433. The summed E-state index contributed by atoms with van der Waals surface area (Å²) >= 11 is 0. The molecule has 1 aromatic carbocycles. The van der Waals surface area contributed by atoms with E-state index < -0.39 is 12.1 Å². The fourth-order valence-electron chi connectivity index (χ4n) is 1.83. The lowest BCUT2D eigenvalue weighted by Gasteiger charge is -2.24. The average molecular weight is 279 g/mol. The van der Waals surface area contributed by atoms with E-state index in [-0.39, 0.29) is 19.1 Å². The van der Waals surface area contributed by atoms with E-state index in [1.807, 2.05) is 6.92 Å². The first-order chi connectivity index (χ1) is 9.63. The summed E-state index contributed by atoms with van der Waals surface area (Å²) in [6.07, 6.45) is -0.409. The maximum atomic E-state index is 12.2. The van der Waals surface area contributed by atoms with Crippen molar-refractivity contribution in [3.8, 4) is 0 Å². The Morgan fingerprint density at radius 3 is 2.40 bits per heavy atom. The lowest BCUT2D eigenvalue weighted by atomic mass is 10.2. The van der Waals surface area contributed by atoms with Crippen LogP contribution in [0.15, 0.2) is 30.3 Å². The number of hydrogen-bond donors (Lipinski definition) is 1. The predicted octanol–water partition coefficient (Wildman–Crippen LogP) is 1.46. The molecule has 1 N–H and O–H groups in total. The third-order valence-electron chi connectivity index (χ3n) is 2.97. The molecule has 0 saturated carbocycles. The SMILES string of the molecule is CCC(OC(=O)c1ccccc1)C(=O)N(CC)CCO. The molecule has 0 aliphatic heterocycles. The van der Waals surface area contributed by atoms with Gasteiger partial charge in [0.1, 0.15) is 0 Å². The Kier molecular flexibility index (Phi) is 6.73. The first-order valence-corrected chi connectivity index (χ1v) is 6.79. The molecule has 110 valence electrons. The van der Waals surface area contributed by atoms with Crippen LogP contribution in [0.2, 0.25) is 0 Å². The van der Waals surface area contributed by atoms with E-state index in [1.54, 1.807) is 37.3 Å². The number of hydrogen-bond acceptors (Lipinski definition) is 4. The van der Waals surface area contributed by atoms with Gasteiger partial charge >= 0.3 is 5.97 Å². The maximum absolute atomic E-state index is 12.2. The molecule has 0 fully saturated rings. The molecule has 1 amide bonds.